The van der Waals surface area contributed by atoms with Gasteiger partial charge < -0.3 is 31.3 Å². The molecule has 1 atom stereocenters. The average molecular weight is 733 g/mol. The van der Waals surface area contributed by atoms with Crippen LogP contribution in [0.4, 0.5) is 45.2 Å². The van der Waals surface area contributed by atoms with E-state index in [1.54, 1.807) is 19.1 Å². The molecule has 51 heavy (non-hydrogen) atoms. The van der Waals surface area contributed by atoms with Crippen LogP contribution < -0.4 is 31.3 Å². The summed E-state index contributed by atoms with van der Waals surface area (Å²) in [5, 5.41) is 13.8. The fourth-order valence-corrected chi connectivity index (χ4v) is 4.79. The third-order valence-electron chi connectivity index (χ3n) is 7.49. The van der Waals surface area contributed by atoms with Gasteiger partial charge in [0.1, 0.15) is 11.6 Å². The number of carbonyl (C=O) groups excluding carboxylic acids is 3. The zero-order valence-electron chi connectivity index (χ0n) is 26.7. The molecule has 1 saturated carbocycles. The SMILES string of the molecule is CC(CNC(=O)C(=O)Nc1ccc(F)cc1F)CNC(=O)c1ccc(Nc2nc(NC3(c4ccc(Cl)cc4)CC3)nc(OCC(F)(F)F)n2)cc1. The number of nitrogens with one attached hydrogen (secondary N) is 5. The summed E-state index contributed by atoms with van der Waals surface area (Å²) >= 11 is 6.01. The molecule has 1 aromatic heterocycles. The molecule has 1 heterocycles. The monoisotopic (exact) mass is 732 g/mol. The number of amides is 3. The van der Waals surface area contributed by atoms with E-state index in [-0.39, 0.29) is 42.2 Å². The molecule has 3 amide bonds. The molecule has 18 heteroatoms. The van der Waals surface area contributed by atoms with Crippen molar-refractivity contribution in [3.8, 4) is 6.01 Å². The molecule has 1 aliphatic carbocycles. The minimum absolute atomic E-state index is 0.000435. The molecular weight excluding hydrogens is 703 g/mol. The van der Waals surface area contributed by atoms with E-state index in [0.29, 0.717) is 16.8 Å². The number of aromatic nitrogens is 3. The lowest BCUT2D eigenvalue weighted by Crippen LogP contribution is -2.40. The van der Waals surface area contributed by atoms with Gasteiger partial charge in [-0.2, -0.15) is 28.1 Å². The van der Waals surface area contributed by atoms with Crippen LogP contribution in [0.3, 0.4) is 0 Å². The lowest BCUT2D eigenvalue weighted by Gasteiger charge is -2.19. The molecule has 0 saturated heterocycles. The van der Waals surface area contributed by atoms with Crippen LogP contribution in [0.15, 0.2) is 66.7 Å². The number of hydrogen-bond donors (Lipinski definition) is 5. The van der Waals surface area contributed by atoms with Gasteiger partial charge in [-0.05, 0) is 72.9 Å². The summed E-state index contributed by atoms with van der Waals surface area (Å²) < 4.78 is 70.3. The van der Waals surface area contributed by atoms with Crippen LogP contribution in [0, 0.1) is 17.6 Å². The molecule has 5 rings (SSSR count). The molecule has 0 bridgehead atoms. The topological polar surface area (TPSA) is 159 Å². The van der Waals surface area contributed by atoms with Crippen LogP contribution in [0.5, 0.6) is 6.01 Å². The second-order valence-corrected chi connectivity index (χ2v) is 12.1. The largest absolute Gasteiger partial charge is 0.454 e. The lowest BCUT2D eigenvalue weighted by molar-refractivity contribution is -0.154. The van der Waals surface area contributed by atoms with Gasteiger partial charge in [0.25, 0.3) is 5.91 Å². The quantitative estimate of drug-likeness (QED) is 0.0858. The van der Waals surface area contributed by atoms with Crippen molar-refractivity contribution in [2.45, 2.75) is 31.5 Å². The molecule has 1 aliphatic rings. The summed E-state index contributed by atoms with van der Waals surface area (Å²) in [5.74, 6) is -4.96. The first-order chi connectivity index (χ1) is 24.2. The number of carbonyl (C=O) groups is 3. The van der Waals surface area contributed by atoms with Crippen molar-refractivity contribution in [3.63, 3.8) is 0 Å². The fraction of sp³-hybridized carbons (Fsp3) is 0.273. The van der Waals surface area contributed by atoms with E-state index in [4.69, 9.17) is 16.3 Å². The highest BCUT2D eigenvalue weighted by Crippen LogP contribution is 2.48. The van der Waals surface area contributed by atoms with Crippen molar-refractivity contribution < 1.29 is 41.1 Å². The van der Waals surface area contributed by atoms with Crippen molar-refractivity contribution in [2.75, 3.05) is 35.6 Å². The number of nitrogens with zero attached hydrogens (tertiary/aromatic N) is 3. The van der Waals surface area contributed by atoms with E-state index < -0.39 is 53.7 Å². The van der Waals surface area contributed by atoms with E-state index >= 15 is 0 Å². The molecular formula is C33H30ClF5N8O4. The van der Waals surface area contributed by atoms with E-state index in [2.05, 4.69) is 41.5 Å². The number of halogens is 6. The molecule has 5 N–H and O–H groups in total. The molecule has 1 unspecified atom stereocenters. The van der Waals surface area contributed by atoms with Gasteiger partial charge in [0.15, 0.2) is 6.61 Å². The third kappa shape index (κ3) is 10.5. The maximum atomic E-state index is 13.7. The lowest BCUT2D eigenvalue weighted by atomic mass is 10.1. The molecule has 12 nitrogen and oxygen atoms in total. The molecule has 268 valence electrons. The highest BCUT2D eigenvalue weighted by molar-refractivity contribution is 6.39. The minimum atomic E-state index is -4.62. The zero-order valence-corrected chi connectivity index (χ0v) is 27.5. The average Bonchev–Trinajstić information content (AvgIpc) is 3.86. The molecule has 0 spiro atoms. The van der Waals surface area contributed by atoms with Crippen LogP contribution in [0.1, 0.15) is 35.7 Å². The highest BCUT2D eigenvalue weighted by atomic mass is 35.5. The first-order valence-electron chi connectivity index (χ1n) is 15.4. The van der Waals surface area contributed by atoms with Crippen LogP contribution >= 0.6 is 11.6 Å². The standard InChI is InChI=1S/C33H30ClF5N8O4/c1-18(16-41-27(49)28(50)43-25-11-8-22(35)14-24(25)36)15-40-26(48)19-2-9-23(10-3-19)42-29-44-30(46-31(45-29)51-17-33(37,38)39)47-32(12-13-32)20-4-6-21(34)7-5-20/h2-11,14,18H,12-13,15-17H2,1H3,(H,40,48)(H,41,49)(H,43,50)(H2,42,44,45,46,47). The van der Waals surface area contributed by atoms with Gasteiger partial charge in [-0.3, -0.25) is 14.4 Å². The number of hydrogen-bond acceptors (Lipinski definition) is 9. The van der Waals surface area contributed by atoms with Gasteiger partial charge in [0, 0.05) is 35.4 Å². The predicted octanol–water partition coefficient (Wildman–Crippen LogP) is 5.71. The Hall–Kier alpha value is -5.58. The Kier molecular flexibility index (Phi) is 11.2. The van der Waals surface area contributed by atoms with Crippen LogP contribution in [-0.4, -0.2) is 58.5 Å². The Morgan fingerprint density at radius 2 is 1.55 bits per heavy atom. The van der Waals surface area contributed by atoms with E-state index in [9.17, 15) is 36.3 Å². The van der Waals surface area contributed by atoms with Crippen molar-refractivity contribution >= 4 is 52.6 Å². The summed E-state index contributed by atoms with van der Waals surface area (Å²) in [6.07, 6.45) is -3.18. The summed E-state index contributed by atoms with van der Waals surface area (Å²) in [7, 11) is 0. The second-order valence-electron chi connectivity index (χ2n) is 11.7. The molecule has 0 aliphatic heterocycles. The van der Waals surface area contributed by atoms with Gasteiger partial charge >= 0.3 is 24.0 Å². The minimum Gasteiger partial charge on any atom is -0.454 e. The van der Waals surface area contributed by atoms with Crippen molar-refractivity contribution in [3.05, 3.63) is 94.5 Å². The Morgan fingerprint density at radius 3 is 2.20 bits per heavy atom. The fourth-order valence-electron chi connectivity index (χ4n) is 4.67. The van der Waals surface area contributed by atoms with Gasteiger partial charge in [-0.25, -0.2) is 8.78 Å². The summed E-state index contributed by atoms with van der Waals surface area (Å²) in [6.45, 7) is 0.211. The van der Waals surface area contributed by atoms with Crippen LogP contribution in [-0.2, 0) is 15.1 Å². The maximum Gasteiger partial charge on any atom is 0.422 e. The number of ether oxygens (including phenoxy) is 1. The first-order valence-corrected chi connectivity index (χ1v) is 15.8. The number of anilines is 4. The van der Waals surface area contributed by atoms with Gasteiger partial charge in [0.2, 0.25) is 11.9 Å². The molecule has 4 aromatic rings. The first kappa shape index (κ1) is 36.7. The van der Waals surface area contributed by atoms with Crippen molar-refractivity contribution in [1.82, 2.24) is 25.6 Å². The molecule has 0 radical (unpaired) electrons. The van der Waals surface area contributed by atoms with E-state index in [0.717, 1.165) is 30.5 Å². The second kappa shape index (κ2) is 15.5. The van der Waals surface area contributed by atoms with Gasteiger partial charge in [-0.15, -0.1) is 0 Å². The molecule has 1 fully saturated rings. The summed E-state index contributed by atoms with van der Waals surface area (Å²) in [6, 6.07) is 15.1. The summed E-state index contributed by atoms with van der Waals surface area (Å²) in [5.41, 5.74) is 0.673. The van der Waals surface area contributed by atoms with Crippen molar-refractivity contribution in [2.24, 2.45) is 5.92 Å². The number of rotatable bonds is 13. The highest BCUT2D eigenvalue weighted by Gasteiger charge is 2.45. The van der Waals surface area contributed by atoms with E-state index in [1.807, 2.05) is 12.1 Å². The number of benzene rings is 3. The van der Waals surface area contributed by atoms with Crippen LogP contribution in [0.2, 0.25) is 5.02 Å². The van der Waals surface area contributed by atoms with E-state index in [1.165, 1.54) is 24.3 Å². The Balaban J connectivity index is 1.15. The van der Waals surface area contributed by atoms with Crippen LogP contribution in [0.25, 0.3) is 0 Å². The zero-order chi connectivity index (χ0) is 36.8. The predicted molar refractivity (Wildman–Crippen MR) is 177 cm³/mol. The molecule has 3 aromatic carbocycles. The number of alkyl halides is 3. The smallest absolute Gasteiger partial charge is 0.422 e. The Bertz CT molecular complexity index is 1890. The van der Waals surface area contributed by atoms with Gasteiger partial charge in [-0.1, -0.05) is 30.7 Å². The van der Waals surface area contributed by atoms with Gasteiger partial charge in [0.05, 0.1) is 11.2 Å². The Morgan fingerprint density at radius 1 is 0.882 bits per heavy atom. The maximum absolute atomic E-state index is 13.7. The summed E-state index contributed by atoms with van der Waals surface area (Å²) in [4.78, 5) is 49.2. The third-order valence-corrected chi connectivity index (χ3v) is 7.74. The van der Waals surface area contributed by atoms with Crippen molar-refractivity contribution in [1.29, 1.82) is 0 Å². The Labute approximate surface area is 292 Å². The normalized spacial score (nSPS) is 13.8.